The molecule has 0 amide bonds. The van der Waals surface area contributed by atoms with Gasteiger partial charge in [-0.05, 0) is 13.0 Å². The summed E-state index contributed by atoms with van der Waals surface area (Å²) in [7, 11) is 1.24. The second-order valence-corrected chi connectivity index (χ2v) is 3.04. The first-order valence-corrected chi connectivity index (χ1v) is 4.32. The zero-order valence-corrected chi connectivity index (χ0v) is 8.50. The van der Waals surface area contributed by atoms with E-state index in [0.717, 1.165) is 6.07 Å². The molecule has 0 unspecified atom stereocenters. The van der Waals surface area contributed by atoms with Gasteiger partial charge in [0.05, 0.1) is 13.7 Å². The number of benzene rings is 1. The van der Waals surface area contributed by atoms with Crippen LogP contribution in [0.1, 0.15) is 15.9 Å². The number of phenolic OH excluding ortho intramolecular Hbond substituents is 1. The first kappa shape index (κ1) is 11.5. The molecule has 0 aliphatic rings. The maximum atomic E-state index is 13.3. The van der Waals surface area contributed by atoms with Gasteiger partial charge in [-0.1, -0.05) is 0 Å². The number of rotatable bonds is 3. The summed E-state index contributed by atoms with van der Waals surface area (Å²) in [5.41, 5.74) is 5.50. The number of phenols is 1. The Bertz CT molecular complexity index is 404. The number of halogens is 1. The molecule has 82 valence electrons. The standard InChI is InChI=1S/C10H12FNO3/c1-5-6(8(13)4-12)3-7(11)10(15-2)9(5)14/h3,14H,4,12H2,1-2H3. The van der Waals surface area contributed by atoms with Crippen molar-refractivity contribution in [2.45, 2.75) is 6.92 Å². The highest BCUT2D eigenvalue weighted by Gasteiger charge is 2.18. The Balaban J connectivity index is 3.40. The molecular weight excluding hydrogens is 201 g/mol. The van der Waals surface area contributed by atoms with E-state index in [1.165, 1.54) is 14.0 Å². The van der Waals surface area contributed by atoms with E-state index < -0.39 is 11.6 Å². The lowest BCUT2D eigenvalue weighted by molar-refractivity contribution is 0.0999. The van der Waals surface area contributed by atoms with Crippen LogP contribution in [0, 0.1) is 12.7 Å². The van der Waals surface area contributed by atoms with Gasteiger partial charge in [0.25, 0.3) is 0 Å². The van der Waals surface area contributed by atoms with Crippen LogP contribution in [-0.4, -0.2) is 24.5 Å². The minimum absolute atomic E-state index is 0.0771. The Labute approximate surface area is 86.5 Å². The van der Waals surface area contributed by atoms with E-state index in [2.05, 4.69) is 4.74 Å². The third-order valence-electron chi connectivity index (χ3n) is 2.15. The van der Waals surface area contributed by atoms with Gasteiger partial charge in [-0.2, -0.15) is 0 Å². The zero-order chi connectivity index (χ0) is 11.6. The van der Waals surface area contributed by atoms with Crippen LogP contribution >= 0.6 is 0 Å². The van der Waals surface area contributed by atoms with Crippen LogP contribution in [0.2, 0.25) is 0 Å². The normalized spacial score (nSPS) is 10.1. The Morgan fingerprint density at radius 1 is 1.67 bits per heavy atom. The molecular formula is C10H12FNO3. The zero-order valence-electron chi connectivity index (χ0n) is 8.50. The summed E-state index contributed by atoms with van der Waals surface area (Å²) in [6.45, 7) is 1.27. The van der Waals surface area contributed by atoms with Gasteiger partial charge in [-0.15, -0.1) is 0 Å². The highest BCUT2D eigenvalue weighted by molar-refractivity contribution is 5.99. The van der Waals surface area contributed by atoms with Gasteiger partial charge in [-0.3, -0.25) is 4.79 Å². The quantitative estimate of drug-likeness (QED) is 0.734. The summed E-state index contributed by atoms with van der Waals surface area (Å²) < 4.78 is 18.0. The average molecular weight is 213 g/mol. The van der Waals surface area contributed by atoms with E-state index >= 15 is 0 Å². The number of nitrogens with two attached hydrogens (primary N) is 1. The summed E-state index contributed by atoms with van der Waals surface area (Å²) in [5, 5.41) is 9.55. The molecule has 0 saturated heterocycles. The van der Waals surface area contributed by atoms with Crippen molar-refractivity contribution in [2.75, 3.05) is 13.7 Å². The van der Waals surface area contributed by atoms with Crippen molar-refractivity contribution in [2.24, 2.45) is 5.73 Å². The van der Waals surface area contributed by atoms with Gasteiger partial charge in [0, 0.05) is 11.1 Å². The maximum absolute atomic E-state index is 13.3. The monoisotopic (exact) mass is 213 g/mol. The molecule has 0 radical (unpaired) electrons. The number of hydrogen-bond acceptors (Lipinski definition) is 4. The van der Waals surface area contributed by atoms with E-state index in [-0.39, 0.29) is 29.2 Å². The van der Waals surface area contributed by atoms with Crippen LogP contribution in [0.15, 0.2) is 6.07 Å². The topological polar surface area (TPSA) is 72.5 Å². The molecule has 0 bridgehead atoms. The molecule has 0 atom stereocenters. The van der Waals surface area contributed by atoms with Crippen LogP contribution in [0.4, 0.5) is 4.39 Å². The molecule has 0 aromatic heterocycles. The molecule has 0 aliphatic carbocycles. The number of aromatic hydroxyl groups is 1. The van der Waals surface area contributed by atoms with Crippen molar-refractivity contribution in [3.63, 3.8) is 0 Å². The lowest BCUT2D eigenvalue weighted by Crippen LogP contribution is -2.15. The number of carbonyl (C=O) groups excluding carboxylic acids is 1. The Morgan fingerprint density at radius 3 is 2.73 bits per heavy atom. The van der Waals surface area contributed by atoms with Crippen LogP contribution in [0.5, 0.6) is 11.5 Å². The largest absolute Gasteiger partial charge is 0.504 e. The molecule has 0 heterocycles. The van der Waals surface area contributed by atoms with E-state index in [0.29, 0.717) is 0 Å². The number of Topliss-reactive ketones (excluding diaryl/α,β-unsaturated/α-hetero) is 1. The van der Waals surface area contributed by atoms with Gasteiger partial charge in [0.15, 0.2) is 23.1 Å². The first-order valence-electron chi connectivity index (χ1n) is 4.32. The van der Waals surface area contributed by atoms with Crippen LogP contribution in [0.25, 0.3) is 0 Å². The molecule has 15 heavy (non-hydrogen) atoms. The third-order valence-corrected chi connectivity index (χ3v) is 2.15. The molecule has 5 heteroatoms. The molecule has 1 aromatic rings. The highest BCUT2D eigenvalue weighted by atomic mass is 19.1. The fourth-order valence-electron chi connectivity index (χ4n) is 1.31. The molecule has 1 rings (SSSR count). The molecule has 4 nitrogen and oxygen atoms in total. The van der Waals surface area contributed by atoms with Gasteiger partial charge >= 0.3 is 0 Å². The predicted molar refractivity (Wildman–Crippen MR) is 52.7 cm³/mol. The number of ether oxygens (including phenoxy) is 1. The molecule has 0 spiro atoms. The minimum Gasteiger partial charge on any atom is -0.504 e. The molecule has 1 aromatic carbocycles. The molecule has 0 aliphatic heterocycles. The number of methoxy groups -OCH3 is 1. The molecule has 0 saturated carbocycles. The molecule has 3 N–H and O–H groups in total. The first-order chi connectivity index (χ1) is 7.02. The van der Waals surface area contributed by atoms with E-state index in [1.807, 2.05) is 0 Å². The summed E-state index contributed by atoms with van der Waals surface area (Å²) in [6, 6.07) is 1.02. The van der Waals surface area contributed by atoms with E-state index in [1.54, 1.807) is 0 Å². The van der Waals surface area contributed by atoms with E-state index in [9.17, 15) is 14.3 Å². The summed E-state index contributed by atoms with van der Waals surface area (Å²) in [5.74, 6) is -1.84. The van der Waals surface area contributed by atoms with Gasteiger partial charge < -0.3 is 15.6 Å². The third kappa shape index (κ3) is 1.92. The maximum Gasteiger partial charge on any atom is 0.196 e. The fourth-order valence-corrected chi connectivity index (χ4v) is 1.31. The summed E-state index contributed by atoms with van der Waals surface area (Å²) >= 11 is 0. The van der Waals surface area contributed by atoms with E-state index in [4.69, 9.17) is 5.73 Å². The van der Waals surface area contributed by atoms with Gasteiger partial charge in [-0.25, -0.2) is 4.39 Å². The van der Waals surface area contributed by atoms with Crippen LogP contribution in [0.3, 0.4) is 0 Å². The fraction of sp³-hybridized carbons (Fsp3) is 0.300. The van der Waals surface area contributed by atoms with Crippen LogP contribution in [-0.2, 0) is 0 Å². The Morgan fingerprint density at radius 2 is 2.27 bits per heavy atom. The van der Waals surface area contributed by atoms with Crippen molar-refractivity contribution in [3.05, 3.63) is 23.0 Å². The number of hydrogen-bond donors (Lipinski definition) is 2. The van der Waals surface area contributed by atoms with Crippen molar-refractivity contribution >= 4 is 5.78 Å². The lowest BCUT2D eigenvalue weighted by Gasteiger charge is -2.10. The number of carbonyl (C=O) groups is 1. The Hall–Kier alpha value is -1.62. The second-order valence-electron chi connectivity index (χ2n) is 3.04. The van der Waals surface area contributed by atoms with Crippen molar-refractivity contribution in [1.29, 1.82) is 0 Å². The minimum atomic E-state index is -0.780. The van der Waals surface area contributed by atoms with Crippen molar-refractivity contribution < 1.29 is 19.0 Å². The lowest BCUT2D eigenvalue weighted by atomic mass is 10.0. The van der Waals surface area contributed by atoms with Crippen molar-refractivity contribution in [1.82, 2.24) is 0 Å². The molecule has 0 fully saturated rings. The summed E-state index contributed by atoms with van der Waals surface area (Å²) in [6.07, 6.45) is 0. The highest BCUT2D eigenvalue weighted by Crippen LogP contribution is 2.34. The predicted octanol–water partition coefficient (Wildman–Crippen LogP) is 0.990. The van der Waals surface area contributed by atoms with Crippen molar-refractivity contribution in [3.8, 4) is 11.5 Å². The SMILES string of the molecule is COc1c(F)cc(C(=O)CN)c(C)c1O. The van der Waals surface area contributed by atoms with Crippen LogP contribution < -0.4 is 10.5 Å². The smallest absolute Gasteiger partial charge is 0.196 e. The Kier molecular flexibility index (Phi) is 3.26. The summed E-state index contributed by atoms with van der Waals surface area (Å²) in [4.78, 5) is 11.3. The average Bonchev–Trinajstić information content (AvgIpc) is 2.23. The van der Waals surface area contributed by atoms with Gasteiger partial charge in [0.2, 0.25) is 0 Å². The van der Waals surface area contributed by atoms with Gasteiger partial charge in [0.1, 0.15) is 0 Å². The number of ketones is 1. The second kappa shape index (κ2) is 4.27.